The molecule has 2 saturated heterocycles. The van der Waals surface area contributed by atoms with Crippen molar-refractivity contribution in [3.05, 3.63) is 29.6 Å². The van der Waals surface area contributed by atoms with E-state index < -0.39 is 17.5 Å². The Morgan fingerprint density at radius 3 is 2.79 bits per heavy atom. The van der Waals surface area contributed by atoms with Crippen LogP contribution in [0.1, 0.15) is 25.7 Å². The maximum absolute atomic E-state index is 13.6. The van der Waals surface area contributed by atoms with Crippen molar-refractivity contribution in [3.8, 4) is 0 Å². The molecule has 0 aliphatic carbocycles. The predicted octanol–water partition coefficient (Wildman–Crippen LogP) is 3.14. The molecule has 2 heterocycles. The molecule has 2 aliphatic heterocycles. The van der Waals surface area contributed by atoms with E-state index in [-0.39, 0.29) is 11.7 Å². The van der Waals surface area contributed by atoms with Crippen molar-refractivity contribution in [1.82, 2.24) is 4.90 Å². The summed E-state index contributed by atoms with van der Waals surface area (Å²) in [7, 11) is 0. The first-order valence-electron chi connectivity index (χ1n) is 6.78. The lowest BCUT2D eigenvalue weighted by molar-refractivity contribution is 0.188. The fourth-order valence-corrected chi connectivity index (χ4v) is 3.24. The van der Waals surface area contributed by atoms with Crippen molar-refractivity contribution in [2.45, 2.75) is 37.8 Å². The third-order valence-corrected chi connectivity index (χ3v) is 4.17. The molecular formula is C14H17F3N2. The molecule has 0 spiro atoms. The largest absolute Gasteiger partial charge is 0.380 e. The monoisotopic (exact) mass is 270 g/mol. The van der Waals surface area contributed by atoms with Crippen LogP contribution in [0.2, 0.25) is 0 Å². The number of rotatable bonds is 2. The van der Waals surface area contributed by atoms with Crippen molar-refractivity contribution in [2.24, 2.45) is 0 Å². The zero-order valence-electron chi connectivity index (χ0n) is 10.6. The van der Waals surface area contributed by atoms with Gasteiger partial charge in [-0.2, -0.15) is 0 Å². The Balaban J connectivity index is 1.71. The quantitative estimate of drug-likeness (QED) is 0.831. The second kappa shape index (κ2) is 5.04. The van der Waals surface area contributed by atoms with Crippen LogP contribution in [0, 0.1) is 17.5 Å². The molecule has 0 radical (unpaired) electrons. The molecule has 2 atom stereocenters. The SMILES string of the molecule is Fc1cc(F)c(F)c(NC2CCN3CCCC3C2)c1. The van der Waals surface area contributed by atoms with Gasteiger partial charge in [-0.3, -0.25) is 0 Å². The predicted molar refractivity (Wildman–Crippen MR) is 67.6 cm³/mol. The van der Waals surface area contributed by atoms with Crippen molar-refractivity contribution < 1.29 is 13.2 Å². The van der Waals surface area contributed by atoms with Gasteiger partial charge < -0.3 is 10.2 Å². The highest BCUT2D eigenvalue weighted by molar-refractivity contribution is 5.46. The van der Waals surface area contributed by atoms with Crippen LogP contribution in [-0.2, 0) is 0 Å². The maximum Gasteiger partial charge on any atom is 0.182 e. The van der Waals surface area contributed by atoms with Gasteiger partial charge in [-0.1, -0.05) is 0 Å². The third-order valence-electron chi connectivity index (χ3n) is 4.17. The minimum Gasteiger partial charge on any atom is -0.380 e. The minimum atomic E-state index is -1.14. The van der Waals surface area contributed by atoms with E-state index in [1.807, 2.05) is 0 Å². The molecule has 104 valence electrons. The molecular weight excluding hydrogens is 253 g/mol. The van der Waals surface area contributed by atoms with Crippen LogP contribution in [0.15, 0.2) is 12.1 Å². The van der Waals surface area contributed by atoms with E-state index in [9.17, 15) is 13.2 Å². The van der Waals surface area contributed by atoms with E-state index in [2.05, 4.69) is 10.2 Å². The van der Waals surface area contributed by atoms with Gasteiger partial charge in [-0.05, 0) is 32.2 Å². The average Bonchev–Trinajstić information content (AvgIpc) is 2.82. The highest BCUT2D eigenvalue weighted by Gasteiger charge is 2.32. The van der Waals surface area contributed by atoms with Crippen LogP contribution >= 0.6 is 0 Å². The fraction of sp³-hybridized carbons (Fsp3) is 0.571. The number of nitrogens with one attached hydrogen (secondary N) is 1. The standard InChI is InChI=1S/C14H17F3N2/c15-9-6-12(16)14(17)13(7-9)18-10-3-5-19-4-1-2-11(19)8-10/h6-7,10-11,18H,1-5,8H2. The molecule has 0 saturated carbocycles. The van der Waals surface area contributed by atoms with Gasteiger partial charge in [0.05, 0.1) is 5.69 Å². The van der Waals surface area contributed by atoms with Crippen molar-refractivity contribution in [1.29, 1.82) is 0 Å². The highest BCUT2D eigenvalue weighted by Crippen LogP contribution is 2.29. The molecule has 0 bridgehead atoms. The summed E-state index contributed by atoms with van der Waals surface area (Å²) in [4.78, 5) is 2.45. The van der Waals surface area contributed by atoms with Crippen molar-refractivity contribution >= 4 is 5.69 Å². The second-order valence-corrected chi connectivity index (χ2v) is 5.45. The van der Waals surface area contributed by atoms with E-state index in [1.54, 1.807) is 0 Å². The zero-order chi connectivity index (χ0) is 13.4. The number of anilines is 1. The van der Waals surface area contributed by atoms with Gasteiger partial charge in [0.1, 0.15) is 5.82 Å². The number of halogens is 3. The molecule has 3 rings (SSSR count). The van der Waals surface area contributed by atoms with Crippen molar-refractivity contribution in [2.75, 3.05) is 18.4 Å². The Morgan fingerprint density at radius 2 is 1.95 bits per heavy atom. The smallest absolute Gasteiger partial charge is 0.182 e. The number of fused-ring (bicyclic) bond motifs is 1. The Labute approximate surface area is 110 Å². The molecule has 19 heavy (non-hydrogen) atoms. The van der Waals surface area contributed by atoms with Crippen LogP contribution in [0.4, 0.5) is 18.9 Å². The Bertz CT molecular complexity index is 478. The molecule has 1 aromatic rings. The van der Waals surface area contributed by atoms with Crippen LogP contribution in [0.25, 0.3) is 0 Å². The summed E-state index contributed by atoms with van der Waals surface area (Å²) in [5.74, 6) is -2.88. The summed E-state index contributed by atoms with van der Waals surface area (Å²) < 4.78 is 39.9. The van der Waals surface area contributed by atoms with Gasteiger partial charge in [0.25, 0.3) is 0 Å². The van der Waals surface area contributed by atoms with Crippen LogP contribution < -0.4 is 5.32 Å². The summed E-state index contributed by atoms with van der Waals surface area (Å²) >= 11 is 0. The topological polar surface area (TPSA) is 15.3 Å². The molecule has 1 aromatic carbocycles. The van der Waals surface area contributed by atoms with E-state index in [0.29, 0.717) is 12.1 Å². The molecule has 5 heteroatoms. The zero-order valence-corrected chi connectivity index (χ0v) is 10.6. The third kappa shape index (κ3) is 2.56. The Kier molecular flexibility index (Phi) is 3.39. The average molecular weight is 270 g/mol. The number of benzene rings is 1. The van der Waals surface area contributed by atoms with E-state index in [4.69, 9.17) is 0 Å². The van der Waals surface area contributed by atoms with Crippen LogP contribution in [0.5, 0.6) is 0 Å². The lowest BCUT2D eigenvalue weighted by Crippen LogP contribution is -2.42. The number of hydrogen-bond donors (Lipinski definition) is 1. The minimum absolute atomic E-state index is 0.0612. The first kappa shape index (κ1) is 12.8. The van der Waals surface area contributed by atoms with E-state index in [0.717, 1.165) is 38.4 Å². The lowest BCUT2D eigenvalue weighted by atomic mass is 9.97. The van der Waals surface area contributed by atoms with Gasteiger partial charge in [-0.25, -0.2) is 13.2 Å². The van der Waals surface area contributed by atoms with Crippen LogP contribution in [0.3, 0.4) is 0 Å². The number of hydrogen-bond acceptors (Lipinski definition) is 2. The summed E-state index contributed by atoms with van der Waals surface area (Å²) in [6.07, 6.45) is 4.17. The van der Waals surface area contributed by atoms with Gasteiger partial charge >= 0.3 is 0 Å². The first-order valence-corrected chi connectivity index (χ1v) is 6.78. The van der Waals surface area contributed by atoms with Crippen LogP contribution in [-0.4, -0.2) is 30.1 Å². The molecule has 2 unspecified atom stereocenters. The summed E-state index contributed by atoms with van der Waals surface area (Å²) in [5, 5.41) is 2.96. The second-order valence-electron chi connectivity index (χ2n) is 5.45. The molecule has 2 aliphatic rings. The number of nitrogens with zero attached hydrogens (tertiary/aromatic N) is 1. The Morgan fingerprint density at radius 1 is 1.11 bits per heavy atom. The van der Waals surface area contributed by atoms with Crippen molar-refractivity contribution in [3.63, 3.8) is 0 Å². The van der Waals surface area contributed by atoms with Gasteiger partial charge in [0.2, 0.25) is 0 Å². The highest BCUT2D eigenvalue weighted by atomic mass is 19.2. The van der Waals surface area contributed by atoms with E-state index in [1.165, 1.54) is 6.42 Å². The normalized spacial score (nSPS) is 27.3. The van der Waals surface area contributed by atoms with Gasteiger partial charge in [-0.15, -0.1) is 0 Å². The lowest BCUT2D eigenvalue weighted by Gasteiger charge is -2.35. The Hall–Kier alpha value is -1.23. The summed E-state index contributed by atoms with van der Waals surface area (Å²) in [6.45, 7) is 2.11. The summed E-state index contributed by atoms with van der Waals surface area (Å²) in [5.41, 5.74) is -0.0612. The van der Waals surface area contributed by atoms with E-state index >= 15 is 0 Å². The molecule has 2 nitrogen and oxygen atoms in total. The molecule has 0 amide bonds. The maximum atomic E-state index is 13.6. The van der Waals surface area contributed by atoms with Gasteiger partial charge in [0.15, 0.2) is 11.6 Å². The first-order chi connectivity index (χ1) is 9.13. The fourth-order valence-electron chi connectivity index (χ4n) is 3.24. The molecule has 2 fully saturated rings. The molecule has 1 N–H and O–H groups in total. The summed E-state index contributed by atoms with van der Waals surface area (Å²) in [6, 6.07) is 2.22. The number of piperidine rings is 1. The van der Waals surface area contributed by atoms with Gasteiger partial charge in [0, 0.05) is 30.8 Å². The molecule has 0 aromatic heterocycles.